The van der Waals surface area contributed by atoms with Gasteiger partial charge in [-0.3, -0.25) is 0 Å². The number of hydrogen-bond acceptors (Lipinski definition) is 3. The lowest BCUT2D eigenvalue weighted by Gasteiger charge is -2.13. The van der Waals surface area contributed by atoms with Gasteiger partial charge in [0.15, 0.2) is 17.5 Å². The minimum Gasteiger partial charge on any atom is -0.208 e. The molecule has 0 fully saturated rings. The van der Waals surface area contributed by atoms with E-state index in [2.05, 4.69) is 134 Å². The molecule has 1 aromatic heterocycles. The van der Waals surface area contributed by atoms with Crippen LogP contribution in [-0.4, -0.2) is 15.0 Å². The first-order valence-electron chi connectivity index (χ1n) is 16.2. The lowest BCUT2D eigenvalue weighted by atomic mass is 9.91. The monoisotopic (exact) mass is 603 g/mol. The summed E-state index contributed by atoms with van der Waals surface area (Å²) in [6.07, 6.45) is 8.56. The average molecular weight is 604 g/mol. The molecule has 1 heterocycles. The standard InChI is InChI=1S/C44H33N3/c1-30-16-18-31(19-17-30)32-20-22-33(23-21-32)38-28-29-39(41-15-9-8-14-40(38)41)34-24-26-37(27-25-34)44-46-42(35-10-4-2-5-11-35)45-43(47-44)36-12-6-3-7-13-36/h2,4-6,8-29H,3,7H2,1H3. The maximum absolute atomic E-state index is 4.94. The Hall–Kier alpha value is -5.93. The summed E-state index contributed by atoms with van der Waals surface area (Å²) >= 11 is 0. The van der Waals surface area contributed by atoms with Gasteiger partial charge in [-0.05, 0) is 63.9 Å². The van der Waals surface area contributed by atoms with Crippen LogP contribution in [0.2, 0.25) is 0 Å². The van der Waals surface area contributed by atoms with Gasteiger partial charge < -0.3 is 0 Å². The molecule has 0 saturated carbocycles. The van der Waals surface area contributed by atoms with Gasteiger partial charge in [-0.15, -0.1) is 0 Å². The Bertz CT molecular complexity index is 2260. The second-order valence-electron chi connectivity index (χ2n) is 12.0. The van der Waals surface area contributed by atoms with Crippen molar-refractivity contribution in [2.75, 3.05) is 0 Å². The molecule has 3 nitrogen and oxygen atoms in total. The molecule has 224 valence electrons. The van der Waals surface area contributed by atoms with Crippen molar-refractivity contribution in [2.45, 2.75) is 19.8 Å². The maximum Gasteiger partial charge on any atom is 0.164 e. The minimum atomic E-state index is 0.676. The van der Waals surface area contributed by atoms with E-state index in [1.807, 2.05) is 30.3 Å². The summed E-state index contributed by atoms with van der Waals surface area (Å²) in [4.78, 5) is 14.7. The Morgan fingerprint density at radius 1 is 0.404 bits per heavy atom. The van der Waals surface area contributed by atoms with E-state index >= 15 is 0 Å². The third-order valence-electron chi connectivity index (χ3n) is 8.88. The van der Waals surface area contributed by atoms with Crippen molar-refractivity contribution >= 4 is 16.3 Å². The van der Waals surface area contributed by atoms with Crippen LogP contribution in [0.1, 0.15) is 24.2 Å². The van der Waals surface area contributed by atoms with Crippen molar-refractivity contribution < 1.29 is 0 Å². The van der Waals surface area contributed by atoms with Gasteiger partial charge in [0.2, 0.25) is 0 Å². The van der Waals surface area contributed by atoms with Crippen molar-refractivity contribution in [1.29, 1.82) is 0 Å². The molecule has 3 heteroatoms. The minimum absolute atomic E-state index is 0.676. The number of nitrogens with zero attached hydrogens (tertiary/aromatic N) is 3. The molecule has 7 aromatic rings. The molecule has 0 bridgehead atoms. The molecule has 1 aliphatic carbocycles. The molecule has 0 unspecified atom stereocenters. The summed E-state index contributed by atoms with van der Waals surface area (Å²) in [5, 5.41) is 2.46. The van der Waals surface area contributed by atoms with Gasteiger partial charge in [-0.25, -0.2) is 15.0 Å². The molecule has 0 atom stereocenters. The second kappa shape index (κ2) is 12.5. The third-order valence-corrected chi connectivity index (χ3v) is 8.88. The molecule has 6 aromatic carbocycles. The van der Waals surface area contributed by atoms with E-state index in [0.29, 0.717) is 17.5 Å². The largest absolute Gasteiger partial charge is 0.208 e. The Morgan fingerprint density at radius 3 is 1.43 bits per heavy atom. The van der Waals surface area contributed by atoms with Gasteiger partial charge in [-0.2, -0.15) is 0 Å². The van der Waals surface area contributed by atoms with Crippen molar-refractivity contribution in [1.82, 2.24) is 15.0 Å². The highest BCUT2D eigenvalue weighted by atomic mass is 15.0. The van der Waals surface area contributed by atoms with Crippen LogP contribution in [0, 0.1) is 6.92 Å². The van der Waals surface area contributed by atoms with Gasteiger partial charge in [0, 0.05) is 16.7 Å². The van der Waals surface area contributed by atoms with Crippen LogP contribution < -0.4 is 0 Å². The van der Waals surface area contributed by atoms with E-state index in [-0.39, 0.29) is 0 Å². The van der Waals surface area contributed by atoms with E-state index < -0.39 is 0 Å². The quantitative estimate of drug-likeness (QED) is 0.190. The van der Waals surface area contributed by atoms with Crippen LogP contribution in [0.4, 0.5) is 0 Å². The first-order valence-corrected chi connectivity index (χ1v) is 16.2. The number of benzene rings is 6. The molecule has 8 rings (SSSR count). The third kappa shape index (κ3) is 5.80. The summed E-state index contributed by atoms with van der Waals surface area (Å²) in [6.45, 7) is 2.12. The van der Waals surface area contributed by atoms with Gasteiger partial charge in [-0.1, -0.05) is 163 Å². The van der Waals surface area contributed by atoms with E-state index in [9.17, 15) is 0 Å². The predicted molar refractivity (Wildman–Crippen MR) is 196 cm³/mol. The summed E-state index contributed by atoms with van der Waals surface area (Å²) in [5.41, 5.74) is 11.5. The fourth-order valence-electron chi connectivity index (χ4n) is 6.32. The van der Waals surface area contributed by atoms with Crippen LogP contribution in [0.3, 0.4) is 0 Å². The average Bonchev–Trinajstić information content (AvgIpc) is 3.15. The number of hydrogen-bond donors (Lipinski definition) is 0. The van der Waals surface area contributed by atoms with Gasteiger partial charge >= 0.3 is 0 Å². The van der Waals surface area contributed by atoms with Crippen LogP contribution in [0.25, 0.3) is 72.5 Å². The number of aromatic nitrogens is 3. The van der Waals surface area contributed by atoms with E-state index in [1.165, 1.54) is 44.2 Å². The summed E-state index contributed by atoms with van der Waals surface area (Å²) in [6, 6.07) is 49.5. The molecular weight excluding hydrogens is 571 g/mol. The normalized spacial score (nSPS) is 12.7. The van der Waals surface area contributed by atoms with Crippen molar-refractivity contribution in [3.05, 3.63) is 169 Å². The highest BCUT2D eigenvalue weighted by molar-refractivity contribution is 6.05. The molecule has 0 spiro atoms. The van der Waals surface area contributed by atoms with Gasteiger partial charge in [0.1, 0.15) is 0 Å². The van der Waals surface area contributed by atoms with Gasteiger partial charge in [0.25, 0.3) is 0 Å². The van der Waals surface area contributed by atoms with Crippen LogP contribution in [0.15, 0.2) is 158 Å². The molecule has 47 heavy (non-hydrogen) atoms. The number of aryl methyl sites for hydroxylation is 1. The van der Waals surface area contributed by atoms with Crippen LogP contribution >= 0.6 is 0 Å². The Labute approximate surface area is 275 Å². The molecule has 0 N–H and O–H groups in total. The highest BCUT2D eigenvalue weighted by Crippen LogP contribution is 2.37. The zero-order valence-corrected chi connectivity index (χ0v) is 26.3. The Kier molecular flexibility index (Phi) is 7.56. The molecule has 1 aliphatic rings. The molecule has 0 radical (unpaired) electrons. The SMILES string of the molecule is Cc1ccc(-c2ccc(-c3ccc(-c4ccc(-c5nc(C6=CCCC=C6)nc(-c6ccccc6)n5)cc4)c4ccccc34)cc2)cc1. The molecule has 0 aliphatic heterocycles. The topological polar surface area (TPSA) is 38.7 Å². The second-order valence-corrected chi connectivity index (χ2v) is 12.0. The van der Waals surface area contributed by atoms with E-state index in [4.69, 9.17) is 15.0 Å². The highest BCUT2D eigenvalue weighted by Gasteiger charge is 2.15. The molecular formula is C44H33N3. The zero-order valence-electron chi connectivity index (χ0n) is 26.3. The molecule has 0 saturated heterocycles. The lowest BCUT2D eigenvalue weighted by molar-refractivity contribution is 1.01. The van der Waals surface area contributed by atoms with Crippen molar-refractivity contribution in [3.63, 3.8) is 0 Å². The number of fused-ring (bicyclic) bond motifs is 1. The Balaban J connectivity index is 1.14. The van der Waals surface area contributed by atoms with Crippen LogP contribution in [-0.2, 0) is 0 Å². The fourth-order valence-corrected chi connectivity index (χ4v) is 6.32. The Morgan fingerprint density at radius 2 is 0.872 bits per heavy atom. The van der Waals surface area contributed by atoms with E-state index in [1.54, 1.807) is 0 Å². The fraction of sp³-hybridized carbons (Fsp3) is 0.0682. The first kappa shape index (κ1) is 28.5. The van der Waals surface area contributed by atoms with Crippen molar-refractivity contribution in [3.8, 4) is 56.2 Å². The predicted octanol–water partition coefficient (Wildman–Crippen LogP) is 11.4. The van der Waals surface area contributed by atoms with E-state index in [0.717, 1.165) is 35.1 Å². The van der Waals surface area contributed by atoms with Gasteiger partial charge in [0.05, 0.1) is 0 Å². The lowest BCUT2D eigenvalue weighted by Crippen LogP contribution is -2.03. The zero-order chi connectivity index (χ0) is 31.6. The summed E-state index contributed by atoms with van der Waals surface area (Å²) in [7, 11) is 0. The smallest absolute Gasteiger partial charge is 0.164 e. The molecule has 0 amide bonds. The number of rotatable bonds is 6. The summed E-state index contributed by atoms with van der Waals surface area (Å²) < 4.78 is 0. The van der Waals surface area contributed by atoms with Crippen LogP contribution in [0.5, 0.6) is 0 Å². The van der Waals surface area contributed by atoms with Crippen molar-refractivity contribution in [2.24, 2.45) is 0 Å². The first-order chi connectivity index (χ1) is 23.2. The summed E-state index contributed by atoms with van der Waals surface area (Å²) in [5.74, 6) is 2.07. The number of allylic oxidation sites excluding steroid dienone is 4. The maximum atomic E-state index is 4.94.